The van der Waals surface area contributed by atoms with E-state index in [9.17, 15) is 9.59 Å². The summed E-state index contributed by atoms with van der Waals surface area (Å²) >= 11 is 1.33. The summed E-state index contributed by atoms with van der Waals surface area (Å²) in [6.07, 6.45) is 0. The van der Waals surface area contributed by atoms with Crippen LogP contribution in [0.2, 0.25) is 0 Å². The third-order valence-electron chi connectivity index (χ3n) is 4.44. The Kier molecular flexibility index (Phi) is 4.24. The topological polar surface area (TPSA) is 68.3 Å². The van der Waals surface area contributed by atoms with Crippen molar-refractivity contribution in [1.82, 2.24) is 4.98 Å². The van der Waals surface area contributed by atoms with Crippen LogP contribution in [0.3, 0.4) is 0 Å². The molecule has 0 aliphatic carbocycles. The number of ether oxygens (including phenoxy) is 1. The van der Waals surface area contributed by atoms with Gasteiger partial charge in [-0.25, -0.2) is 9.78 Å². The highest BCUT2D eigenvalue weighted by Gasteiger charge is 2.41. The van der Waals surface area contributed by atoms with E-state index >= 15 is 0 Å². The van der Waals surface area contributed by atoms with Crippen molar-refractivity contribution < 1.29 is 14.3 Å². The van der Waals surface area contributed by atoms with Crippen LogP contribution in [0.1, 0.15) is 31.9 Å². The lowest BCUT2D eigenvalue weighted by molar-refractivity contribution is -0.145. The molecule has 130 valence electrons. The van der Waals surface area contributed by atoms with Crippen molar-refractivity contribution in [3.63, 3.8) is 0 Å². The predicted octanol–water partition coefficient (Wildman–Crippen LogP) is 4.02. The fraction of sp³-hybridized carbons (Fsp3) is 0.316. The van der Waals surface area contributed by atoms with Crippen LogP contribution in [-0.4, -0.2) is 22.5 Å². The van der Waals surface area contributed by atoms with Gasteiger partial charge in [0.2, 0.25) is 0 Å². The summed E-state index contributed by atoms with van der Waals surface area (Å²) in [6.45, 7) is 9.35. The SMILES string of the molecule is CC1=C(C(=O)Nc2nc(-c3ccc(C)cc3C)cs2)C(=O)OC1(C)C. The predicted molar refractivity (Wildman–Crippen MR) is 98.5 cm³/mol. The van der Waals surface area contributed by atoms with Crippen LogP contribution in [-0.2, 0) is 14.3 Å². The number of aryl methyl sites for hydroxylation is 2. The van der Waals surface area contributed by atoms with Crippen molar-refractivity contribution in [2.45, 2.75) is 40.2 Å². The van der Waals surface area contributed by atoms with Gasteiger partial charge in [0.15, 0.2) is 5.13 Å². The monoisotopic (exact) mass is 356 g/mol. The summed E-state index contributed by atoms with van der Waals surface area (Å²) < 4.78 is 5.24. The fourth-order valence-electron chi connectivity index (χ4n) is 2.79. The maximum absolute atomic E-state index is 12.5. The molecule has 0 bridgehead atoms. The number of carbonyl (C=O) groups excluding carboxylic acids is 2. The lowest BCUT2D eigenvalue weighted by Gasteiger charge is -2.17. The van der Waals surface area contributed by atoms with E-state index in [0.717, 1.165) is 16.8 Å². The minimum Gasteiger partial charge on any atom is -0.451 e. The Labute approximate surface area is 150 Å². The molecule has 1 aromatic heterocycles. The molecular formula is C19H20N2O3S. The number of thiazole rings is 1. The molecule has 5 nitrogen and oxygen atoms in total. The van der Waals surface area contributed by atoms with Crippen LogP contribution in [0.5, 0.6) is 0 Å². The van der Waals surface area contributed by atoms with Crippen LogP contribution in [0.15, 0.2) is 34.7 Å². The first-order valence-corrected chi connectivity index (χ1v) is 8.86. The van der Waals surface area contributed by atoms with Gasteiger partial charge in [0.05, 0.1) is 5.69 Å². The van der Waals surface area contributed by atoms with Gasteiger partial charge >= 0.3 is 5.97 Å². The molecule has 1 aromatic carbocycles. The summed E-state index contributed by atoms with van der Waals surface area (Å²) in [7, 11) is 0. The van der Waals surface area contributed by atoms with Gasteiger partial charge in [-0.05, 0) is 45.8 Å². The first-order chi connectivity index (χ1) is 11.7. The highest BCUT2D eigenvalue weighted by molar-refractivity contribution is 7.14. The van der Waals surface area contributed by atoms with E-state index in [-0.39, 0.29) is 5.57 Å². The van der Waals surface area contributed by atoms with Crippen molar-refractivity contribution in [3.05, 3.63) is 45.9 Å². The number of benzene rings is 1. The van der Waals surface area contributed by atoms with Crippen LogP contribution < -0.4 is 5.32 Å². The van der Waals surface area contributed by atoms with E-state index in [2.05, 4.69) is 16.4 Å². The minimum absolute atomic E-state index is 0.0632. The Morgan fingerprint density at radius 1 is 1.24 bits per heavy atom. The third-order valence-corrected chi connectivity index (χ3v) is 5.20. The van der Waals surface area contributed by atoms with E-state index in [4.69, 9.17) is 4.74 Å². The Balaban J connectivity index is 1.83. The van der Waals surface area contributed by atoms with Crippen molar-refractivity contribution in [3.8, 4) is 11.3 Å². The number of esters is 1. The normalized spacial score (nSPS) is 16.1. The zero-order valence-corrected chi connectivity index (χ0v) is 15.7. The molecule has 0 spiro atoms. The molecule has 1 aliphatic heterocycles. The first-order valence-electron chi connectivity index (χ1n) is 7.98. The number of hydrogen-bond donors (Lipinski definition) is 1. The molecule has 0 unspecified atom stereocenters. The zero-order valence-electron chi connectivity index (χ0n) is 14.9. The van der Waals surface area contributed by atoms with Gasteiger partial charge in [-0.15, -0.1) is 11.3 Å². The smallest absolute Gasteiger partial charge is 0.344 e. The average Bonchev–Trinajstić information content (AvgIpc) is 3.02. The number of aromatic nitrogens is 1. The fourth-order valence-corrected chi connectivity index (χ4v) is 3.50. The Hall–Kier alpha value is -2.47. The second-order valence-corrected chi connectivity index (χ2v) is 7.57. The van der Waals surface area contributed by atoms with Gasteiger partial charge in [0, 0.05) is 10.9 Å². The Morgan fingerprint density at radius 2 is 1.96 bits per heavy atom. The van der Waals surface area contributed by atoms with Gasteiger partial charge in [0.25, 0.3) is 5.91 Å². The molecule has 2 heterocycles. The zero-order chi connectivity index (χ0) is 18.4. The summed E-state index contributed by atoms with van der Waals surface area (Å²) in [5.41, 5.74) is 4.08. The number of nitrogens with one attached hydrogen (secondary N) is 1. The third kappa shape index (κ3) is 3.22. The lowest BCUT2D eigenvalue weighted by Crippen LogP contribution is -2.21. The Morgan fingerprint density at radius 3 is 2.56 bits per heavy atom. The molecule has 1 amide bonds. The van der Waals surface area contributed by atoms with Gasteiger partial charge in [-0.1, -0.05) is 23.8 Å². The standard InChI is InChI=1S/C19H20N2O3S/c1-10-6-7-13(11(2)8-10)14-9-25-18(20-14)21-16(22)15-12(3)19(4,5)24-17(15)23/h6-9H,1-5H3,(H,20,21,22). The highest BCUT2D eigenvalue weighted by atomic mass is 32.1. The second-order valence-electron chi connectivity index (χ2n) is 6.71. The number of rotatable bonds is 3. The van der Waals surface area contributed by atoms with E-state index < -0.39 is 17.5 Å². The molecule has 25 heavy (non-hydrogen) atoms. The van der Waals surface area contributed by atoms with Gasteiger partial charge in [0.1, 0.15) is 11.2 Å². The second kappa shape index (κ2) is 6.11. The number of hydrogen-bond acceptors (Lipinski definition) is 5. The van der Waals surface area contributed by atoms with E-state index in [1.165, 1.54) is 16.9 Å². The maximum atomic E-state index is 12.5. The quantitative estimate of drug-likeness (QED) is 0.666. The molecule has 2 aromatic rings. The molecule has 0 saturated carbocycles. The number of carbonyl (C=O) groups is 2. The molecular weight excluding hydrogens is 336 g/mol. The molecule has 0 radical (unpaired) electrons. The van der Waals surface area contributed by atoms with Crippen molar-refractivity contribution in [2.24, 2.45) is 0 Å². The summed E-state index contributed by atoms with van der Waals surface area (Å²) in [5.74, 6) is -1.07. The van der Waals surface area contributed by atoms with Gasteiger partial charge in [-0.2, -0.15) is 0 Å². The van der Waals surface area contributed by atoms with Crippen molar-refractivity contribution >= 4 is 28.3 Å². The van der Waals surface area contributed by atoms with E-state index in [1.807, 2.05) is 31.4 Å². The molecule has 3 rings (SSSR count). The largest absolute Gasteiger partial charge is 0.451 e. The number of anilines is 1. The van der Waals surface area contributed by atoms with Crippen LogP contribution in [0.25, 0.3) is 11.3 Å². The Bertz CT molecular complexity index is 909. The first kappa shape index (κ1) is 17.4. The van der Waals surface area contributed by atoms with E-state index in [1.54, 1.807) is 20.8 Å². The molecule has 1 aliphatic rings. The number of cyclic esters (lactones) is 1. The van der Waals surface area contributed by atoms with Crippen molar-refractivity contribution in [1.29, 1.82) is 0 Å². The summed E-state index contributed by atoms with van der Waals surface area (Å²) in [6, 6.07) is 6.15. The average molecular weight is 356 g/mol. The van der Waals surface area contributed by atoms with Gasteiger partial charge in [-0.3, -0.25) is 10.1 Å². The molecule has 1 N–H and O–H groups in total. The molecule has 0 saturated heterocycles. The number of nitrogens with zero attached hydrogens (tertiary/aromatic N) is 1. The molecule has 0 atom stereocenters. The van der Waals surface area contributed by atoms with Gasteiger partial charge < -0.3 is 4.74 Å². The van der Waals surface area contributed by atoms with Crippen LogP contribution in [0, 0.1) is 13.8 Å². The maximum Gasteiger partial charge on any atom is 0.344 e. The molecule has 0 fully saturated rings. The number of amides is 1. The molecule has 6 heteroatoms. The summed E-state index contributed by atoms with van der Waals surface area (Å²) in [5, 5.41) is 5.06. The summed E-state index contributed by atoms with van der Waals surface area (Å²) in [4.78, 5) is 28.9. The van der Waals surface area contributed by atoms with Crippen molar-refractivity contribution in [2.75, 3.05) is 5.32 Å². The minimum atomic E-state index is -0.753. The van der Waals surface area contributed by atoms with Crippen LogP contribution in [0.4, 0.5) is 5.13 Å². The lowest BCUT2D eigenvalue weighted by atomic mass is 9.97. The van der Waals surface area contributed by atoms with Crippen LogP contribution >= 0.6 is 11.3 Å². The highest BCUT2D eigenvalue weighted by Crippen LogP contribution is 2.33. The van der Waals surface area contributed by atoms with E-state index in [0.29, 0.717) is 10.7 Å².